The zero-order valence-electron chi connectivity index (χ0n) is 12.4. The number of rotatable bonds is 2. The van der Waals surface area contributed by atoms with Crippen LogP contribution in [-0.4, -0.2) is 0 Å². The molecule has 0 heterocycles. The smallest absolute Gasteiger partial charge is 0.0262 e. The molecule has 0 saturated heterocycles. The van der Waals surface area contributed by atoms with Gasteiger partial charge in [0.2, 0.25) is 0 Å². The quantitative estimate of drug-likeness (QED) is 0.529. The van der Waals surface area contributed by atoms with Gasteiger partial charge in [-0.2, -0.15) is 0 Å². The third-order valence-corrected chi connectivity index (χ3v) is 4.29. The van der Waals surface area contributed by atoms with Crippen LogP contribution in [0.2, 0.25) is 0 Å². The summed E-state index contributed by atoms with van der Waals surface area (Å²) in [5.74, 6) is 3.48. The van der Waals surface area contributed by atoms with Crippen LogP contribution in [0.25, 0.3) is 0 Å². The molecule has 3 atom stereocenters. The van der Waals surface area contributed by atoms with Gasteiger partial charge in [0.05, 0.1) is 0 Å². The molecule has 0 nitrogen and oxygen atoms in total. The standard InChI is InChI=1S/C17H32/c1-14(2)13-17-12-7-5-6-9-15(3)10-8-11-16(17)4/h8,10,14-17H,5-7,9,11-13H2,1-4H3. The van der Waals surface area contributed by atoms with E-state index in [1.165, 1.54) is 44.9 Å². The highest BCUT2D eigenvalue weighted by Gasteiger charge is 2.17. The van der Waals surface area contributed by atoms with Crippen LogP contribution in [0.1, 0.15) is 72.6 Å². The van der Waals surface area contributed by atoms with E-state index < -0.39 is 0 Å². The Morgan fingerprint density at radius 3 is 2.47 bits per heavy atom. The van der Waals surface area contributed by atoms with Crippen molar-refractivity contribution >= 4 is 0 Å². The maximum atomic E-state index is 2.46. The molecule has 0 aromatic heterocycles. The molecule has 0 fully saturated rings. The van der Waals surface area contributed by atoms with E-state index in [0.29, 0.717) is 0 Å². The third kappa shape index (κ3) is 6.29. The van der Waals surface area contributed by atoms with Crippen LogP contribution in [0.4, 0.5) is 0 Å². The molecule has 0 aliphatic heterocycles. The molecule has 1 aliphatic rings. The fraction of sp³-hybridized carbons (Fsp3) is 0.882. The first-order chi connectivity index (χ1) is 8.09. The van der Waals surface area contributed by atoms with E-state index in [-0.39, 0.29) is 0 Å². The van der Waals surface area contributed by atoms with Crippen molar-refractivity contribution in [2.24, 2.45) is 23.7 Å². The predicted octanol–water partition coefficient (Wildman–Crippen LogP) is 5.83. The molecule has 17 heavy (non-hydrogen) atoms. The molecule has 0 aromatic carbocycles. The van der Waals surface area contributed by atoms with Gasteiger partial charge in [0, 0.05) is 0 Å². The Morgan fingerprint density at radius 2 is 1.76 bits per heavy atom. The van der Waals surface area contributed by atoms with E-state index in [0.717, 1.165) is 23.7 Å². The van der Waals surface area contributed by atoms with Gasteiger partial charge in [-0.25, -0.2) is 0 Å². The van der Waals surface area contributed by atoms with Gasteiger partial charge in [-0.3, -0.25) is 0 Å². The number of allylic oxidation sites excluding steroid dienone is 2. The second-order valence-electron chi connectivity index (χ2n) is 6.65. The molecule has 0 amide bonds. The van der Waals surface area contributed by atoms with Crippen molar-refractivity contribution in [2.75, 3.05) is 0 Å². The van der Waals surface area contributed by atoms with Gasteiger partial charge < -0.3 is 0 Å². The molecule has 0 saturated carbocycles. The minimum absolute atomic E-state index is 0.795. The Bertz CT molecular complexity index is 214. The molecular weight excluding hydrogens is 204 g/mol. The molecule has 3 unspecified atom stereocenters. The van der Waals surface area contributed by atoms with Gasteiger partial charge in [0.1, 0.15) is 0 Å². The molecule has 0 bridgehead atoms. The first-order valence-electron chi connectivity index (χ1n) is 7.76. The van der Waals surface area contributed by atoms with Crippen LogP contribution in [-0.2, 0) is 0 Å². The van der Waals surface area contributed by atoms with Gasteiger partial charge in [-0.15, -0.1) is 0 Å². The largest absolute Gasteiger partial charge is 0.0880 e. The molecule has 0 radical (unpaired) electrons. The van der Waals surface area contributed by atoms with Gasteiger partial charge >= 0.3 is 0 Å². The minimum atomic E-state index is 0.795. The normalized spacial score (nSPS) is 32.4. The van der Waals surface area contributed by atoms with E-state index in [4.69, 9.17) is 0 Å². The Labute approximate surface area is 109 Å². The lowest BCUT2D eigenvalue weighted by Crippen LogP contribution is -2.14. The molecule has 0 N–H and O–H groups in total. The summed E-state index contributed by atoms with van der Waals surface area (Å²) in [5.41, 5.74) is 0. The summed E-state index contributed by atoms with van der Waals surface area (Å²) in [5, 5.41) is 0. The summed E-state index contributed by atoms with van der Waals surface area (Å²) in [4.78, 5) is 0. The van der Waals surface area contributed by atoms with Crippen LogP contribution < -0.4 is 0 Å². The fourth-order valence-electron chi connectivity index (χ4n) is 3.10. The van der Waals surface area contributed by atoms with Crippen LogP contribution in [0, 0.1) is 23.7 Å². The summed E-state index contributed by atoms with van der Waals surface area (Å²) in [6.07, 6.45) is 14.8. The van der Waals surface area contributed by atoms with E-state index in [1.807, 2.05) is 0 Å². The van der Waals surface area contributed by atoms with Gasteiger partial charge in [-0.05, 0) is 42.9 Å². The number of hydrogen-bond donors (Lipinski definition) is 0. The first-order valence-corrected chi connectivity index (χ1v) is 7.76. The lowest BCUT2D eigenvalue weighted by molar-refractivity contribution is 0.275. The van der Waals surface area contributed by atoms with E-state index >= 15 is 0 Å². The monoisotopic (exact) mass is 236 g/mol. The SMILES string of the molecule is CC(C)CC1CCCCCC(C)C=CCC1C. The molecular formula is C17H32. The van der Waals surface area contributed by atoms with Gasteiger partial charge in [0.15, 0.2) is 0 Å². The molecule has 0 aromatic rings. The van der Waals surface area contributed by atoms with Gasteiger partial charge in [-0.1, -0.05) is 65.5 Å². The van der Waals surface area contributed by atoms with Crippen molar-refractivity contribution in [1.82, 2.24) is 0 Å². The maximum absolute atomic E-state index is 2.46. The molecule has 100 valence electrons. The topological polar surface area (TPSA) is 0 Å². The van der Waals surface area contributed by atoms with Crippen LogP contribution >= 0.6 is 0 Å². The fourth-order valence-corrected chi connectivity index (χ4v) is 3.10. The number of hydrogen-bond acceptors (Lipinski definition) is 0. The summed E-state index contributed by atoms with van der Waals surface area (Å²) in [6, 6.07) is 0. The van der Waals surface area contributed by atoms with Gasteiger partial charge in [0.25, 0.3) is 0 Å². The van der Waals surface area contributed by atoms with Crippen molar-refractivity contribution in [3.63, 3.8) is 0 Å². The Hall–Kier alpha value is -0.260. The lowest BCUT2D eigenvalue weighted by Gasteiger charge is -2.24. The third-order valence-electron chi connectivity index (χ3n) is 4.29. The van der Waals surface area contributed by atoms with E-state index in [2.05, 4.69) is 39.8 Å². The van der Waals surface area contributed by atoms with Crippen molar-refractivity contribution in [2.45, 2.75) is 72.6 Å². The minimum Gasteiger partial charge on any atom is -0.0880 e. The highest BCUT2D eigenvalue weighted by atomic mass is 14.2. The highest BCUT2D eigenvalue weighted by molar-refractivity contribution is 4.89. The second-order valence-corrected chi connectivity index (χ2v) is 6.65. The average Bonchev–Trinajstić information content (AvgIpc) is 2.28. The Kier molecular flexibility index (Phi) is 6.92. The highest BCUT2D eigenvalue weighted by Crippen LogP contribution is 2.29. The van der Waals surface area contributed by atoms with Crippen molar-refractivity contribution in [1.29, 1.82) is 0 Å². The molecule has 0 spiro atoms. The zero-order chi connectivity index (χ0) is 12.7. The summed E-state index contributed by atoms with van der Waals surface area (Å²) >= 11 is 0. The van der Waals surface area contributed by atoms with Crippen molar-refractivity contribution in [3.05, 3.63) is 12.2 Å². The zero-order valence-corrected chi connectivity index (χ0v) is 12.4. The van der Waals surface area contributed by atoms with Crippen molar-refractivity contribution in [3.8, 4) is 0 Å². The summed E-state index contributed by atoms with van der Waals surface area (Å²) in [6.45, 7) is 9.57. The summed E-state index contributed by atoms with van der Waals surface area (Å²) < 4.78 is 0. The molecule has 1 rings (SSSR count). The first kappa shape index (κ1) is 14.8. The average molecular weight is 236 g/mol. The Balaban J connectivity index is 2.54. The van der Waals surface area contributed by atoms with Crippen LogP contribution in [0.5, 0.6) is 0 Å². The van der Waals surface area contributed by atoms with Crippen LogP contribution in [0.3, 0.4) is 0 Å². The maximum Gasteiger partial charge on any atom is -0.0262 e. The molecule has 1 aliphatic carbocycles. The van der Waals surface area contributed by atoms with Crippen molar-refractivity contribution < 1.29 is 0 Å². The predicted molar refractivity (Wildman–Crippen MR) is 78.1 cm³/mol. The summed E-state index contributed by atoms with van der Waals surface area (Å²) in [7, 11) is 0. The lowest BCUT2D eigenvalue weighted by atomic mass is 9.81. The van der Waals surface area contributed by atoms with Crippen LogP contribution in [0.15, 0.2) is 12.2 Å². The van der Waals surface area contributed by atoms with E-state index in [9.17, 15) is 0 Å². The second kappa shape index (κ2) is 7.95. The van der Waals surface area contributed by atoms with E-state index in [1.54, 1.807) is 0 Å². The Morgan fingerprint density at radius 1 is 1.06 bits per heavy atom. The molecule has 0 heteroatoms.